The number of hydrogen-bond acceptors (Lipinski definition) is 3. The van der Waals surface area contributed by atoms with Crippen molar-refractivity contribution < 1.29 is 4.79 Å². The van der Waals surface area contributed by atoms with Gasteiger partial charge in [0.15, 0.2) is 5.78 Å². The van der Waals surface area contributed by atoms with Crippen molar-refractivity contribution in [1.82, 2.24) is 9.97 Å². The maximum atomic E-state index is 11.9. The zero-order valence-corrected chi connectivity index (χ0v) is 10.2. The number of ketones is 1. The first-order valence-corrected chi connectivity index (χ1v) is 5.66. The normalized spacial score (nSPS) is 10.2. The minimum atomic E-state index is -0.127. The van der Waals surface area contributed by atoms with E-state index in [0.29, 0.717) is 21.4 Å². The lowest BCUT2D eigenvalue weighted by atomic mass is 10.1. The Morgan fingerprint density at radius 2 is 1.88 bits per heavy atom. The molecule has 1 aromatic heterocycles. The highest BCUT2D eigenvalue weighted by Gasteiger charge is 2.12. The van der Waals surface area contributed by atoms with Crippen LogP contribution in [0.25, 0.3) is 0 Å². The highest BCUT2D eigenvalue weighted by Crippen LogP contribution is 2.21. The molecule has 0 aliphatic rings. The van der Waals surface area contributed by atoms with E-state index in [9.17, 15) is 4.79 Å². The van der Waals surface area contributed by atoms with Crippen LogP contribution in [0, 0.1) is 0 Å². The van der Waals surface area contributed by atoms with Crippen molar-refractivity contribution in [1.29, 1.82) is 0 Å². The summed E-state index contributed by atoms with van der Waals surface area (Å²) in [5.74, 6) is 0.349. The van der Waals surface area contributed by atoms with Crippen LogP contribution in [0.3, 0.4) is 0 Å². The Kier molecular flexibility index (Phi) is 3.71. The highest BCUT2D eigenvalue weighted by molar-refractivity contribution is 6.36. The Morgan fingerprint density at radius 3 is 2.53 bits per heavy atom. The minimum Gasteiger partial charge on any atom is -0.294 e. The van der Waals surface area contributed by atoms with Crippen molar-refractivity contribution >= 4 is 29.0 Å². The molecule has 0 bridgehead atoms. The summed E-state index contributed by atoms with van der Waals surface area (Å²) in [6.45, 7) is 0. The van der Waals surface area contributed by atoms with Crippen LogP contribution in [0.4, 0.5) is 0 Å². The van der Waals surface area contributed by atoms with Crippen LogP contribution < -0.4 is 0 Å². The van der Waals surface area contributed by atoms with Gasteiger partial charge >= 0.3 is 0 Å². The van der Waals surface area contributed by atoms with Crippen molar-refractivity contribution in [2.24, 2.45) is 0 Å². The summed E-state index contributed by atoms with van der Waals surface area (Å²) in [6.07, 6.45) is 3.32. The van der Waals surface area contributed by atoms with Gasteiger partial charge in [-0.2, -0.15) is 0 Å². The summed E-state index contributed by atoms with van der Waals surface area (Å²) in [5.41, 5.74) is 0.434. The molecule has 0 unspecified atom stereocenters. The average Bonchev–Trinajstić information content (AvgIpc) is 2.30. The molecule has 0 radical (unpaired) electrons. The van der Waals surface area contributed by atoms with E-state index in [1.807, 2.05) is 0 Å². The fourth-order valence-corrected chi connectivity index (χ4v) is 1.89. The second kappa shape index (κ2) is 5.25. The molecular weight excluding hydrogens is 259 g/mol. The number of Topliss-reactive ketones (excluding diaryl/α,β-unsaturated/α-hetero) is 1. The van der Waals surface area contributed by atoms with Gasteiger partial charge in [-0.1, -0.05) is 23.2 Å². The monoisotopic (exact) mass is 266 g/mol. The molecule has 0 aliphatic carbocycles. The van der Waals surface area contributed by atoms with E-state index in [4.69, 9.17) is 23.2 Å². The Balaban J connectivity index is 2.21. The topological polar surface area (TPSA) is 42.9 Å². The largest absolute Gasteiger partial charge is 0.294 e. The third-order valence-corrected chi connectivity index (χ3v) is 2.72. The Morgan fingerprint density at radius 1 is 1.18 bits per heavy atom. The smallest absolute Gasteiger partial charge is 0.171 e. The van der Waals surface area contributed by atoms with Gasteiger partial charge in [0.1, 0.15) is 5.82 Å². The van der Waals surface area contributed by atoms with E-state index in [-0.39, 0.29) is 12.2 Å². The third kappa shape index (κ3) is 3.02. The lowest BCUT2D eigenvalue weighted by molar-refractivity contribution is 0.0991. The summed E-state index contributed by atoms with van der Waals surface area (Å²) in [5, 5.41) is 0.848. The lowest BCUT2D eigenvalue weighted by Crippen LogP contribution is -2.07. The molecule has 2 aromatic rings. The Hall–Kier alpha value is -1.45. The summed E-state index contributed by atoms with van der Waals surface area (Å²) in [7, 11) is 0. The van der Waals surface area contributed by atoms with Crippen LogP contribution in [0.1, 0.15) is 16.2 Å². The summed E-state index contributed by atoms with van der Waals surface area (Å²) < 4.78 is 0. The lowest BCUT2D eigenvalue weighted by Gasteiger charge is -2.03. The van der Waals surface area contributed by atoms with Gasteiger partial charge in [-0.25, -0.2) is 9.97 Å². The fraction of sp³-hybridized carbons (Fsp3) is 0.0833. The van der Waals surface area contributed by atoms with Gasteiger partial charge in [-0.3, -0.25) is 4.79 Å². The van der Waals surface area contributed by atoms with Crippen LogP contribution in [0.2, 0.25) is 10.0 Å². The zero-order chi connectivity index (χ0) is 12.3. The minimum absolute atomic E-state index is 0.127. The van der Waals surface area contributed by atoms with Crippen LogP contribution in [0.5, 0.6) is 0 Å². The van der Waals surface area contributed by atoms with Crippen molar-refractivity contribution in [3.63, 3.8) is 0 Å². The van der Waals surface area contributed by atoms with E-state index in [1.54, 1.807) is 36.7 Å². The van der Waals surface area contributed by atoms with Gasteiger partial charge < -0.3 is 0 Å². The molecule has 0 saturated heterocycles. The summed E-state index contributed by atoms with van der Waals surface area (Å²) in [4.78, 5) is 19.9. The number of halogens is 2. The fourth-order valence-electron chi connectivity index (χ4n) is 1.38. The van der Waals surface area contributed by atoms with Crippen molar-refractivity contribution in [3.05, 3.63) is 58.1 Å². The van der Waals surface area contributed by atoms with Crippen molar-refractivity contribution in [3.8, 4) is 0 Å². The SMILES string of the molecule is O=C(Cc1ncccn1)c1ccc(Cl)cc1Cl. The molecule has 2 rings (SSSR count). The van der Waals surface area contributed by atoms with Gasteiger partial charge in [0.05, 0.1) is 11.4 Å². The molecule has 3 nitrogen and oxygen atoms in total. The van der Waals surface area contributed by atoms with Crippen LogP contribution >= 0.6 is 23.2 Å². The van der Waals surface area contributed by atoms with Crippen LogP contribution in [0.15, 0.2) is 36.7 Å². The van der Waals surface area contributed by atoms with Gasteiger partial charge in [0.2, 0.25) is 0 Å². The molecule has 5 heteroatoms. The molecule has 0 spiro atoms. The standard InChI is InChI=1S/C12H8Cl2N2O/c13-8-2-3-9(10(14)6-8)11(17)7-12-15-4-1-5-16-12/h1-6H,7H2. The number of benzene rings is 1. The number of carbonyl (C=O) groups excluding carboxylic acids is 1. The first-order chi connectivity index (χ1) is 8.16. The number of rotatable bonds is 3. The molecule has 0 aliphatic heterocycles. The van der Waals surface area contributed by atoms with E-state index in [1.165, 1.54) is 0 Å². The van der Waals surface area contributed by atoms with Crippen LogP contribution in [-0.4, -0.2) is 15.8 Å². The maximum Gasteiger partial charge on any atom is 0.171 e. The predicted molar refractivity (Wildman–Crippen MR) is 66.5 cm³/mol. The van der Waals surface area contributed by atoms with Gasteiger partial charge in [-0.05, 0) is 24.3 Å². The second-order valence-electron chi connectivity index (χ2n) is 3.39. The molecule has 1 heterocycles. The van der Waals surface area contributed by atoms with E-state index < -0.39 is 0 Å². The molecule has 0 atom stereocenters. The quantitative estimate of drug-likeness (QED) is 0.802. The Bertz CT molecular complexity index is 543. The first-order valence-electron chi connectivity index (χ1n) is 4.91. The molecule has 0 amide bonds. The van der Waals surface area contributed by atoms with Crippen molar-refractivity contribution in [2.45, 2.75) is 6.42 Å². The molecule has 0 N–H and O–H groups in total. The average molecular weight is 267 g/mol. The van der Waals surface area contributed by atoms with E-state index in [0.717, 1.165) is 0 Å². The molecule has 1 aromatic carbocycles. The van der Waals surface area contributed by atoms with E-state index in [2.05, 4.69) is 9.97 Å². The second-order valence-corrected chi connectivity index (χ2v) is 4.23. The molecule has 17 heavy (non-hydrogen) atoms. The number of aromatic nitrogens is 2. The van der Waals surface area contributed by atoms with Gasteiger partial charge in [0.25, 0.3) is 0 Å². The Labute approximate surface area is 108 Å². The highest BCUT2D eigenvalue weighted by atomic mass is 35.5. The number of hydrogen-bond donors (Lipinski definition) is 0. The number of carbonyl (C=O) groups is 1. The zero-order valence-electron chi connectivity index (χ0n) is 8.73. The van der Waals surface area contributed by atoms with E-state index >= 15 is 0 Å². The molecular formula is C12H8Cl2N2O. The molecule has 0 saturated carbocycles. The molecule has 86 valence electrons. The van der Waals surface area contributed by atoms with Gasteiger partial charge in [-0.15, -0.1) is 0 Å². The van der Waals surface area contributed by atoms with Crippen molar-refractivity contribution in [2.75, 3.05) is 0 Å². The van der Waals surface area contributed by atoms with Gasteiger partial charge in [0, 0.05) is 23.0 Å². The summed E-state index contributed by atoms with van der Waals surface area (Å²) in [6, 6.07) is 6.48. The van der Waals surface area contributed by atoms with Crippen LogP contribution in [-0.2, 0) is 6.42 Å². The predicted octanol–water partition coefficient (Wildman–Crippen LogP) is 3.21. The maximum absolute atomic E-state index is 11.9. The summed E-state index contributed by atoms with van der Waals surface area (Å²) >= 11 is 11.7. The number of nitrogens with zero attached hydrogens (tertiary/aromatic N) is 2. The third-order valence-electron chi connectivity index (χ3n) is 2.17. The first kappa shape index (κ1) is 12.0. The molecule has 0 fully saturated rings.